The van der Waals surface area contributed by atoms with E-state index >= 15 is 0 Å². The minimum absolute atomic E-state index is 0.162. The van der Waals surface area contributed by atoms with Gasteiger partial charge in [0.1, 0.15) is 5.60 Å². The molecule has 4 saturated carbocycles. The van der Waals surface area contributed by atoms with Crippen LogP contribution in [-0.2, 0) is 10.2 Å². The van der Waals surface area contributed by atoms with Crippen LogP contribution in [0, 0.1) is 11.8 Å². The fourth-order valence-electron chi connectivity index (χ4n) is 5.36. The molecule has 0 spiro atoms. The van der Waals surface area contributed by atoms with Crippen molar-refractivity contribution in [2.75, 3.05) is 5.73 Å². The van der Waals surface area contributed by atoms with Crippen LogP contribution in [0.5, 0.6) is 0 Å². The van der Waals surface area contributed by atoms with E-state index in [1.54, 1.807) is 0 Å². The lowest BCUT2D eigenvalue weighted by molar-refractivity contribution is -0.0102. The van der Waals surface area contributed by atoms with Gasteiger partial charge in [0.25, 0.3) is 0 Å². The zero-order chi connectivity index (χ0) is 14.0. The second kappa shape index (κ2) is 3.68. The van der Waals surface area contributed by atoms with E-state index in [0.29, 0.717) is 11.8 Å². The average molecular weight is 272 g/mol. The van der Waals surface area contributed by atoms with E-state index in [4.69, 9.17) is 16.2 Å². The van der Waals surface area contributed by atoms with Crippen molar-refractivity contribution in [3.05, 3.63) is 29.8 Å². The fourth-order valence-corrected chi connectivity index (χ4v) is 5.36. The molecule has 4 bridgehead atoms. The Morgan fingerprint density at radius 2 is 1.95 bits per heavy atom. The molecule has 4 nitrogen and oxygen atoms in total. The number of benzene rings is 1. The SMILES string of the molecule is NC(=O)OC12CC3CC1CC(c1ccc(N)cc1)(C3)C2. The van der Waals surface area contributed by atoms with Crippen molar-refractivity contribution in [3.8, 4) is 0 Å². The van der Waals surface area contributed by atoms with E-state index < -0.39 is 6.09 Å². The molecule has 4 unspecified atom stereocenters. The molecular formula is C16H20N2O2. The summed E-state index contributed by atoms with van der Waals surface area (Å²) in [4.78, 5) is 11.3. The summed E-state index contributed by atoms with van der Waals surface area (Å²) in [6.07, 6.45) is 4.80. The smallest absolute Gasteiger partial charge is 0.405 e. The fraction of sp³-hybridized carbons (Fsp3) is 0.562. The van der Waals surface area contributed by atoms with Crippen LogP contribution in [0.25, 0.3) is 0 Å². The Morgan fingerprint density at radius 1 is 1.20 bits per heavy atom. The molecule has 4 fully saturated rings. The van der Waals surface area contributed by atoms with Gasteiger partial charge in [-0.25, -0.2) is 4.79 Å². The van der Waals surface area contributed by atoms with E-state index in [2.05, 4.69) is 12.1 Å². The Morgan fingerprint density at radius 3 is 2.65 bits per heavy atom. The van der Waals surface area contributed by atoms with Crippen LogP contribution < -0.4 is 11.5 Å². The van der Waals surface area contributed by atoms with Crippen molar-refractivity contribution >= 4 is 11.8 Å². The van der Waals surface area contributed by atoms with Crippen LogP contribution >= 0.6 is 0 Å². The van der Waals surface area contributed by atoms with E-state index in [0.717, 1.165) is 24.9 Å². The molecule has 1 aromatic carbocycles. The first-order chi connectivity index (χ1) is 9.51. The number of rotatable bonds is 2. The van der Waals surface area contributed by atoms with E-state index in [9.17, 15) is 4.79 Å². The molecule has 20 heavy (non-hydrogen) atoms. The van der Waals surface area contributed by atoms with Gasteiger partial charge in [0.05, 0.1) is 0 Å². The zero-order valence-corrected chi connectivity index (χ0v) is 11.5. The molecule has 0 aliphatic heterocycles. The summed E-state index contributed by atoms with van der Waals surface area (Å²) >= 11 is 0. The number of hydrogen-bond acceptors (Lipinski definition) is 3. The average Bonchev–Trinajstić information content (AvgIpc) is 2.72. The second-order valence-corrected chi connectivity index (χ2v) is 6.98. The number of carbonyl (C=O) groups excluding carboxylic acids is 1. The summed E-state index contributed by atoms with van der Waals surface area (Å²) in [6, 6.07) is 8.22. The predicted molar refractivity (Wildman–Crippen MR) is 76.0 cm³/mol. The molecule has 0 heterocycles. The van der Waals surface area contributed by atoms with Crippen LogP contribution in [0.2, 0.25) is 0 Å². The highest BCUT2D eigenvalue weighted by Gasteiger charge is 2.66. The number of amides is 1. The molecule has 5 rings (SSSR count). The molecule has 1 aromatic rings. The summed E-state index contributed by atoms with van der Waals surface area (Å²) in [7, 11) is 0. The summed E-state index contributed by atoms with van der Waals surface area (Å²) in [5.41, 5.74) is 13.1. The monoisotopic (exact) mass is 272 g/mol. The van der Waals surface area contributed by atoms with E-state index in [1.165, 1.54) is 18.4 Å². The van der Waals surface area contributed by atoms with Gasteiger partial charge < -0.3 is 16.2 Å². The maximum atomic E-state index is 11.3. The zero-order valence-electron chi connectivity index (χ0n) is 11.5. The van der Waals surface area contributed by atoms with Gasteiger partial charge in [-0.2, -0.15) is 0 Å². The predicted octanol–water partition coefficient (Wildman–Crippen LogP) is 2.56. The topological polar surface area (TPSA) is 78.3 Å². The lowest BCUT2D eigenvalue weighted by Crippen LogP contribution is -2.41. The van der Waals surface area contributed by atoms with Crippen LogP contribution in [0.3, 0.4) is 0 Å². The normalized spacial score (nSPS) is 41.0. The molecule has 4 N–H and O–H groups in total. The van der Waals surface area contributed by atoms with Crippen molar-refractivity contribution in [2.24, 2.45) is 17.6 Å². The number of ether oxygens (including phenoxy) is 1. The van der Waals surface area contributed by atoms with Crippen LogP contribution in [0.4, 0.5) is 10.5 Å². The first kappa shape index (κ1) is 12.1. The van der Waals surface area contributed by atoms with Gasteiger partial charge in [-0.15, -0.1) is 0 Å². The molecule has 1 amide bonds. The highest BCUT2D eigenvalue weighted by Crippen LogP contribution is 2.67. The Bertz CT molecular complexity index is 570. The molecule has 106 valence electrons. The maximum Gasteiger partial charge on any atom is 0.405 e. The van der Waals surface area contributed by atoms with Gasteiger partial charge in [-0.05, 0) is 61.1 Å². The highest BCUT2D eigenvalue weighted by atomic mass is 16.6. The molecule has 0 radical (unpaired) electrons. The van der Waals surface area contributed by atoms with E-state index in [1.807, 2.05) is 12.1 Å². The highest BCUT2D eigenvalue weighted by molar-refractivity contribution is 5.65. The van der Waals surface area contributed by atoms with Crippen LogP contribution in [0.1, 0.15) is 37.7 Å². The summed E-state index contributed by atoms with van der Waals surface area (Å²) in [6.45, 7) is 0. The Hall–Kier alpha value is -1.71. The third-order valence-electron chi connectivity index (χ3n) is 5.78. The van der Waals surface area contributed by atoms with Crippen molar-refractivity contribution < 1.29 is 9.53 Å². The van der Waals surface area contributed by atoms with Gasteiger partial charge >= 0.3 is 6.09 Å². The molecule has 4 atom stereocenters. The Balaban J connectivity index is 1.72. The Labute approximate surface area is 118 Å². The quantitative estimate of drug-likeness (QED) is 0.812. The third-order valence-corrected chi connectivity index (χ3v) is 5.78. The second-order valence-electron chi connectivity index (χ2n) is 6.98. The number of anilines is 1. The van der Waals surface area contributed by atoms with Crippen molar-refractivity contribution in [2.45, 2.75) is 43.1 Å². The minimum atomic E-state index is -0.620. The first-order valence-electron chi connectivity index (χ1n) is 7.36. The molecule has 4 heteroatoms. The number of hydrogen-bond donors (Lipinski definition) is 2. The molecule has 4 aliphatic rings. The number of nitrogens with two attached hydrogens (primary N) is 2. The van der Waals surface area contributed by atoms with E-state index in [-0.39, 0.29) is 11.0 Å². The third kappa shape index (κ3) is 1.51. The molecule has 0 aromatic heterocycles. The lowest BCUT2D eigenvalue weighted by Gasteiger charge is -2.40. The van der Waals surface area contributed by atoms with Crippen LogP contribution in [-0.4, -0.2) is 11.7 Å². The van der Waals surface area contributed by atoms with Gasteiger partial charge in [-0.3, -0.25) is 0 Å². The Kier molecular flexibility index (Phi) is 2.22. The first-order valence-corrected chi connectivity index (χ1v) is 7.36. The molecule has 4 aliphatic carbocycles. The number of carbonyl (C=O) groups is 1. The van der Waals surface area contributed by atoms with Crippen molar-refractivity contribution in [1.29, 1.82) is 0 Å². The molecule has 0 saturated heterocycles. The van der Waals surface area contributed by atoms with Crippen LogP contribution in [0.15, 0.2) is 24.3 Å². The van der Waals surface area contributed by atoms with Gasteiger partial charge in [0, 0.05) is 11.6 Å². The maximum absolute atomic E-state index is 11.3. The minimum Gasteiger partial charge on any atom is -0.443 e. The largest absolute Gasteiger partial charge is 0.443 e. The van der Waals surface area contributed by atoms with Gasteiger partial charge in [0.15, 0.2) is 0 Å². The van der Waals surface area contributed by atoms with Gasteiger partial charge in [-0.1, -0.05) is 12.1 Å². The number of nitrogen functional groups attached to an aromatic ring is 1. The standard InChI is InChI=1S/C16H20N2O2/c17-13-3-1-11(2-4-13)15-6-10-5-12(8-15)16(7-10,9-15)20-14(18)19/h1-4,10,12H,5-9,17H2,(H2,18,19). The van der Waals surface area contributed by atoms with Crippen molar-refractivity contribution in [3.63, 3.8) is 0 Å². The lowest BCUT2D eigenvalue weighted by atomic mass is 9.65. The van der Waals surface area contributed by atoms with Gasteiger partial charge in [0.2, 0.25) is 0 Å². The summed E-state index contributed by atoms with van der Waals surface area (Å²) in [5, 5.41) is 0. The summed E-state index contributed by atoms with van der Waals surface area (Å²) in [5.74, 6) is 1.14. The summed E-state index contributed by atoms with van der Waals surface area (Å²) < 4.78 is 5.61. The number of primary amides is 1. The van der Waals surface area contributed by atoms with Crippen molar-refractivity contribution in [1.82, 2.24) is 0 Å². The molecular weight excluding hydrogens is 252 g/mol.